The number of fused-ring (bicyclic) bond motifs is 5. The molecule has 192 valence electrons. The van der Waals surface area contributed by atoms with E-state index >= 15 is 0 Å². The number of hydrogen-bond donors (Lipinski definition) is 3. The zero-order chi connectivity index (χ0) is 25.3. The molecular formula is C30H48O4. The molecule has 4 heteroatoms. The number of carboxylic acid groups (broad SMARTS) is 1. The van der Waals surface area contributed by atoms with Gasteiger partial charge in [0.15, 0.2) is 0 Å². The summed E-state index contributed by atoms with van der Waals surface area (Å²) < 4.78 is 0. The van der Waals surface area contributed by atoms with Gasteiger partial charge in [-0.25, -0.2) is 4.79 Å². The maximum Gasteiger partial charge on any atom is 0.330 e. The summed E-state index contributed by atoms with van der Waals surface area (Å²) in [4.78, 5) is 11.2. The van der Waals surface area contributed by atoms with Gasteiger partial charge in [-0.15, -0.1) is 0 Å². The molecule has 0 aliphatic heterocycles. The van der Waals surface area contributed by atoms with E-state index in [0.29, 0.717) is 17.4 Å². The zero-order valence-corrected chi connectivity index (χ0v) is 22.6. The zero-order valence-electron chi connectivity index (χ0n) is 22.6. The minimum atomic E-state index is -0.830. The van der Waals surface area contributed by atoms with Crippen LogP contribution in [0.25, 0.3) is 0 Å². The van der Waals surface area contributed by atoms with Gasteiger partial charge in [-0.2, -0.15) is 0 Å². The molecule has 4 nitrogen and oxygen atoms in total. The van der Waals surface area contributed by atoms with Gasteiger partial charge >= 0.3 is 5.97 Å². The van der Waals surface area contributed by atoms with Crippen molar-refractivity contribution in [3.8, 4) is 0 Å². The third kappa shape index (κ3) is 3.41. The van der Waals surface area contributed by atoms with Gasteiger partial charge in [0.05, 0.1) is 11.7 Å². The molecular weight excluding hydrogens is 424 g/mol. The van der Waals surface area contributed by atoms with Crippen LogP contribution in [0.2, 0.25) is 0 Å². The topological polar surface area (TPSA) is 77.8 Å². The first-order valence-corrected chi connectivity index (χ1v) is 13.7. The molecule has 34 heavy (non-hydrogen) atoms. The van der Waals surface area contributed by atoms with Crippen LogP contribution in [0.3, 0.4) is 0 Å². The Morgan fingerprint density at radius 2 is 1.74 bits per heavy atom. The first kappa shape index (κ1) is 25.9. The Morgan fingerprint density at radius 1 is 1.09 bits per heavy atom. The minimum Gasteiger partial charge on any atom is -0.478 e. The molecule has 0 amide bonds. The number of aliphatic hydroxyl groups excluding tert-OH is 1. The molecule has 3 fully saturated rings. The van der Waals surface area contributed by atoms with Crippen molar-refractivity contribution in [3.05, 3.63) is 23.3 Å². The molecule has 3 N–H and O–H groups in total. The Morgan fingerprint density at radius 3 is 2.38 bits per heavy atom. The summed E-state index contributed by atoms with van der Waals surface area (Å²) in [5.74, 6) is 0.222. The van der Waals surface area contributed by atoms with Crippen molar-refractivity contribution >= 4 is 5.97 Å². The average molecular weight is 473 g/mol. The summed E-state index contributed by atoms with van der Waals surface area (Å²) in [7, 11) is 0. The van der Waals surface area contributed by atoms with Crippen molar-refractivity contribution < 1.29 is 20.1 Å². The lowest BCUT2D eigenvalue weighted by Crippen LogP contribution is -2.68. The minimum absolute atomic E-state index is 0.0109. The van der Waals surface area contributed by atoms with Crippen molar-refractivity contribution in [2.75, 3.05) is 0 Å². The maximum absolute atomic E-state index is 12.5. The molecule has 0 aromatic rings. The lowest BCUT2D eigenvalue weighted by molar-refractivity contribution is -0.249. The Labute approximate surface area is 206 Å². The lowest BCUT2D eigenvalue weighted by Gasteiger charge is -2.68. The fourth-order valence-electron chi connectivity index (χ4n) is 9.43. The number of aliphatic carboxylic acids is 1. The van der Waals surface area contributed by atoms with E-state index in [-0.39, 0.29) is 33.7 Å². The highest BCUT2D eigenvalue weighted by Gasteiger charge is 2.69. The van der Waals surface area contributed by atoms with E-state index in [2.05, 4.69) is 47.6 Å². The molecule has 0 bridgehead atoms. The second-order valence-corrected chi connectivity index (χ2v) is 13.7. The molecule has 0 spiro atoms. The predicted octanol–water partition coefficient (Wildman–Crippen LogP) is 6.51. The third-order valence-electron chi connectivity index (χ3n) is 12.0. The van der Waals surface area contributed by atoms with E-state index in [0.717, 1.165) is 57.8 Å². The quantitative estimate of drug-likeness (QED) is 0.315. The van der Waals surface area contributed by atoms with Gasteiger partial charge in [-0.05, 0) is 98.7 Å². The maximum atomic E-state index is 12.5. The molecule has 4 aliphatic rings. The van der Waals surface area contributed by atoms with Crippen molar-refractivity contribution in [1.82, 2.24) is 0 Å². The molecule has 0 saturated heterocycles. The standard InChI is InChI=1S/C30H48O4/c1-19(25(32)33)9-8-10-20(2)27(5)17-18-28(6)22(27)13-16-30(34)23(28)12-11-21-26(3,4)24(31)14-15-29(21,30)7/h9,13,20-21,23-24,31,34H,8,10-12,14-18H2,1-7H3,(H,32,33)/t20-,21+,23+,24-,27+,28-,29+,30-/m1/s1. The monoisotopic (exact) mass is 472 g/mol. The summed E-state index contributed by atoms with van der Waals surface area (Å²) >= 11 is 0. The van der Waals surface area contributed by atoms with Gasteiger partial charge in [0, 0.05) is 11.0 Å². The molecule has 8 atom stereocenters. The summed E-state index contributed by atoms with van der Waals surface area (Å²) in [5.41, 5.74) is 1.03. The van der Waals surface area contributed by atoms with E-state index < -0.39 is 11.6 Å². The predicted molar refractivity (Wildman–Crippen MR) is 136 cm³/mol. The number of aliphatic hydroxyl groups is 2. The van der Waals surface area contributed by atoms with E-state index in [1.807, 2.05) is 6.08 Å². The Bertz CT molecular complexity index is 901. The van der Waals surface area contributed by atoms with Crippen LogP contribution in [0.1, 0.15) is 106 Å². The Hall–Kier alpha value is -1.13. The van der Waals surface area contributed by atoms with Gasteiger partial charge in [-0.1, -0.05) is 59.3 Å². The second kappa shape index (κ2) is 8.20. The van der Waals surface area contributed by atoms with E-state index in [4.69, 9.17) is 5.11 Å². The summed E-state index contributed by atoms with van der Waals surface area (Å²) in [6.45, 7) is 15.6. The molecule has 0 unspecified atom stereocenters. The van der Waals surface area contributed by atoms with Crippen LogP contribution >= 0.6 is 0 Å². The number of hydrogen-bond acceptors (Lipinski definition) is 3. The van der Waals surface area contributed by atoms with Gasteiger partial charge in [0.1, 0.15) is 0 Å². The SMILES string of the molecule is CC(=CCC[C@@H](C)[C@]1(C)CC[C@]2(C)C1=CC[C@@]1(O)[C@H]2CC[C@H]2C(C)(C)[C@H](O)CC[C@@]21C)C(=O)O. The molecule has 4 aliphatic carbocycles. The van der Waals surface area contributed by atoms with E-state index in [9.17, 15) is 15.0 Å². The first-order valence-electron chi connectivity index (χ1n) is 13.7. The first-order chi connectivity index (χ1) is 15.6. The van der Waals surface area contributed by atoms with Crippen molar-refractivity contribution in [2.45, 2.75) is 118 Å². The van der Waals surface area contributed by atoms with Crippen molar-refractivity contribution in [1.29, 1.82) is 0 Å². The number of carbonyl (C=O) groups is 1. The smallest absolute Gasteiger partial charge is 0.330 e. The van der Waals surface area contributed by atoms with Crippen LogP contribution in [0, 0.1) is 39.4 Å². The van der Waals surface area contributed by atoms with Crippen molar-refractivity contribution in [2.24, 2.45) is 39.4 Å². The van der Waals surface area contributed by atoms with E-state index in [1.165, 1.54) is 0 Å². The third-order valence-corrected chi connectivity index (χ3v) is 12.0. The largest absolute Gasteiger partial charge is 0.478 e. The van der Waals surface area contributed by atoms with Crippen LogP contribution < -0.4 is 0 Å². The van der Waals surface area contributed by atoms with E-state index in [1.54, 1.807) is 12.5 Å². The number of carboxylic acids is 1. The van der Waals surface area contributed by atoms with Gasteiger partial charge in [0.25, 0.3) is 0 Å². The highest BCUT2D eigenvalue weighted by molar-refractivity contribution is 5.85. The number of allylic oxidation sites excluding steroid dienone is 2. The molecule has 0 aromatic heterocycles. The van der Waals surface area contributed by atoms with Gasteiger partial charge < -0.3 is 15.3 Å². The second-order valence-electron chi connectivity index (χ2n) is 13.7. The average Bonchev–Trinajstić information content (AvgIpc) is 3.03. The van der Waals surface area contributed by atoms with Crippen molar-refractivity contribution in [3.63, 3.8) is 0 Å². The van der Waals surface area contributed by atoms with Crippen LogP contribution in [0.15, 0.2) is 23.3 Å². The lowest BCUT2D eigenvalue weighted by atomic mass is 9.39. The highest BCUT2D eigenvalue weighted by atomic mass is 16.4. The van der Waals surface area contributed by atoms with Crippen LogP contribution in [0.5, 0.6) is 0 Å². The Kier molecular flexibility index (Phi) is 6.26. The Balaban J connectivity index is 1.63. The molecule has 4 rings (SSSR count). The molecule has 0 radical (unpaired) electrons. The van der Waals surface area contributed by atoms with Crippen LogP contribution in [-0.2, 0) is 4.79 Å². The van der Waals surface area contributed by atoms with Crippen LogP contribution in [0.4, 0.5) is 0 Å². The summed E-state index contributed by atoms with van der Waals surface area (Å²) in [6, 6.07) is 0. The molecule has 0 aromatic carbocycles. The van der Waals surface area contributed by atoms with Gasteiger partial charge in [-0.3, -0.25) is 0 Å². The molecule has 0 heterocycles. The highest BCUT2D eigenvalue weighted by Crippen LogP contribution is 2.72. The normalized spacial score (nSPS) is 46.7. The van der Waals surface area contributed by atoms with Gasteiger partial charge in [0.2, 0.25) is 0 Å². The number of rotatable bonds is 5. The molecule has 3 saturated carbocycles. The summed E-state index contributed by atoms with van der Waals surface area (Å²) in [5, 5.41) is 32.5. The van der Waals surface area contributed by atoms with Crippen LogP contribution in [-0.4, -0.2) is 33.0 Å². The fraction of sp³-hybridized carbons (Fsp3) is 0.833. The summed E-state index contributed by atoms with van der Waals surface area (Å²) in [6.07, 6.45) is 12.5. The fourth-order valence-corrected chi connectivity index (χ4v) is 9.43.